The molecule has 200 valence electrons. The molecule has 0 amide bonds. The number of aromatic nitrogens is 4. The Labute approximate surface area is 205 Å². The van der Waals surface area contributed by atoms with Crippen LogP contribution in [-0.4, -0.2) is 131 Å². The van der Waals surface area contributed by atoms with Gasteiger partial charge in [-0.3, -0.25) is 4.57 Å². The fraction of sp³-hybridized carbons (Fsp3) is 0.667. The lowest BCUT2D eigenvalue weighted by Gasteiger charge is -2.39. The van der Waals surface area contributed by atoms with Crippen LogP contribution in [0.2, 0.25) is 0 Å². The number of imidazole rings is 1. The van der Waals surface area contributed by atoms with Crippen molar-refractivity contribution in [2.24, 2.45) is 0 Å². The van der Waals surface area contributed by atoms with E-state index in [0.29, 0.717) is 23.5 Å². The Balaban J connectivity index is 1.36. The Morgan fingerprint density at radius 3 is 2.36 bits per heavy atom. The molecule has 4 heterocycles. The molecule has 0 radical (unpaired) electrons. The van der Waals surface area contributed by atoms with Gasteiger partial charge in [-0.05, 0) is 12.5 Å². The first-order valence-electron chi connectivity index (χ1n) is 11.4. The van der Waals surface area contributed by atoms with Crippen LogP contribution in [0.3, 0.4) is 0 Å². The first-order chi connectivity index (χ1) is 17.3. The van der Waals surface area contributed by atoms with E-state index in [4.69, 9.17) is 14.2 Å². The lowest BCUT2D eigenvalue weighted by atomic mass is 9.99. The topological polar surface area (TPSA) is 225 Å². The number of fused-ring (bicyclic) bond motifs is 1. The van der Waals surface area contributed by atoms with Crippen LogP contribution >= 0.6 is 0 Å². The predicted molar refractivity (Wildman–Crippen MR) is 120 cm³/mol. The molecule has 0 saturated carbocycles. The molecule has 0 aliphatic carbocycles. The van der Waals surface area contributed by atoms with E-state index in [1.54, 1.807) is 13.0 Å². The van der Waals surface area contributed by atoms with Crippen LogP contribution in [0.15, 0.2) is 24.3 Å². The number of aliphatic hydroxyl groups excluding tert-OH is 7. The van der Waals surface area contributed by atoms with Crippen molar-refractivity contribution in [3.05, 3.63) is 24.3 Å². The zero-order chi connectivity index (χ0) is 26.0. The van der Waals surface area contributed by atoms with E-state index in [1.807, 2.05) is 0 Å². The third-order valence-corrected chi connectivity index (χ3v) is 6.19. The normalized spacial score (nSPS) is 35.4. The molecule has 2 aliphatic rings. The molecule has 2 aliphatic heterocycles. The van der Waals surface area contributed by atoms with Gasteiger partial charge < -0.3 is 55.3 Å². The second-order valence-corrected chi connectivity index (χ2v) is 8.71. The molecule has 2 saturated heterocycles. The van der Waals surface area contributed by atoms with Gasteiger partial charge in [0.2, 0.25) is 0 Å². The summed E-state index contributed by atoms with van der Waals surface area (Å²) >= 11 is 0. The summed E-state index contributed by atoms with van der Waals surface area (Å²) in [5.41, 5.74) is 1.51. The Bertz CT molecular complexity index is 1050. The van der Waals surface area contributed by atoms with E-state index >= 15 is 0 Å². The molecule has 8 N–H and O–H groups in total. The molecular weight excluding hydrogens is 482 g/mol. The van der Waals surface area contributed by atoms with Gasteiger partial charge in [-0.15, -0.1) is 0 Å². The van der Waals surface area contributed by atoms with E-state index in [0.717, 1.165) is 5.57 Å². The van der Waals surface area contributed by atoms with Crippen molar-refractivity contribution >= 4 is 17.0 Å². The second kappa shape index (κ2) is 11.4. The van der Waals surface area contributed by atoms with Gasteiger partial charge in [0.25, 0.3) is 0 Å². The summed E-state index contributed by atoms with van der Waals surface area (Å²) in [6.45, 7) is 1.15. The highest BCUT2D eigenvalue weighted by Crippen LogP contribution is 2.32. The molecular formula is C21H31N5O10. The Morgan fingerprint density at radius 1 is 0.972 bits per heavy atom. The van der Waals surface area contributed by atoms with Crippen LogP contribution in [0.25, 0.3) is 11.2 Å². The Kier molecular flexibility index (Phi) is 8.46. The van der Waals surface area contributed by atoms with Gasteiger partial charge in [-0.1, -0.05) is 6.08 Å². The molecule has 2 fully saturated rings. The van der Waals surface area contributed by atoms with Gasteiger partial charge in [0.1, 0.15) is 49.1 Å². The van der Waals surface area contributed by atoms with Crippen LogP contribution in [-0.2, 0) is 14.2 Å². The van der Waals surface area contributed by atoms with Crippen molar-refractivity contribution in [3.8, 4) is 0 Å². The van der Waals surface area contributed by atoms with Gasteiger partial charge in [0, 0.05) is 6.54 Å². The largest absolute Gasteiger partial charge is 0.394 e. The summed E-state index contributed by atoms with van der Waals surface area (Å²) in [4.78, 5) is 12.7. The van der Waals surface area contributed by atoms with Crippen molar-refractivity contribution in [2.75, 3.05) is 31.7 Å². The zero-order valence-corrected chi connectivity index (χ0v) is 19.4. The number of nitrogens with one attached hydrogen (secondary N) is 1. The summed E-state index contributed by atoms with van der Waals surface area (Å²) in [6.07, 6.45) is -6.66. The molecule has 0 spiro atoms. The fourth-order valence-electron chi connectivity index (χ4n) is 4.08. The van der Waals surface area contributed by atoms with Gasteiger partial charge >= 0.3 is 0 Å². The number of nitrogens with zero attached hydrogens (tertiary/aromatic N) is 4. The van der Waals surface area contributed by atoms with E-state index in [-0.39, 0.29) is 6.61 Å². The van der Waals surface area contributed by atoms with Crippen LogP contribution in [0, 0.1) is 0 Å². The van der Waals surface area contributed by atoms with Gasteiger partial charge in [-0.25, -0.2) is 15.0 Å². The van der Waals surface area contributed by atoms with E-state index < -0.39 is 68.5 Å². The highest BCUT2D eigenvalue weighted by atomic mass is 16.7. The smallest absolute Gasteiger partial charge is 0.187 e. The molecule has 9 atom stereocenters. The van der Waals surface area contributed by atoms with E-state index in [9.17, 15) is 35.7 Å². The number of rotatable bonds is 9. The molecule has 9 unspecified atom stereocenters. The SMILES string of the molecule is CC(=CCNc1ncnc2c1ncn2C1OC(CO)C(O)C1O)COC1OC(CO)C(O)C(O)C1O. The highest BCUT2D eigenvalue weighted by Gasteiger charge is 2.45. The molecule has 15 heteroatoms. The molecule has 2 aromatic heterocycles. The first kappa shape index (κ1) is 26.7. The highest BCUT2D eigenvalue weighted by molar-refractivity contribution is 5.82. The maximum atomic E-state index is 10.3. The molecule has 2 aromatic rings. The molecule has 15 nitrogen and oxygen atoms in total. The third-order valence-electron chi connectivity index (χ3n) is 6.19. The molecule has 0 bridgehead atoms. The van der Waals surface area contributed by atoms with Crippen molar-refractivity contribution in [1.82, 2.24) is 19.5 Å². The van der Waals surface area contributed by atoms with E-state index in [1.165, 1.54) is 17.2 Å². The first-order valence-corrected chi connectivity index (χ1v) is 11.4. The zero-order valence-electron chi connectivity index (χ0n) is 19.4. The van der Waals surface area contributed by atoms with Crippen LogP contribution in [0.5, 0.6) is 0 Å². The van der Waals surface area contributed by atoms with Gasteiger partial charge in [0.15, 0.2) is 29.5 Å². The average molecular weight is 514 g/mol. The van der Waals surface area contributed by atoms with Crippen LogP contribution in [0.4, 0.5) is 5.82 Å². The van der Waals surface area contributed by atoms with Crippen molar-refractivity contribution < 1.29 is 50.0 Å². The standard InChI is InChI=1S/C21H31N5O10/c1-9(6-34-21-17(33)15(31)13(29)11(5-28)36-21)2-3-22-18-12-19(24-7-23-18)26(8-25-12)20-16(32)14(30)10(4-27)35-20/h2,7-8,10-11,13-17,20-21,27-33H,3-6H2,1H3,(H,22,23,24). The van der Waals surface area contributed by atoms with Crippen LogP contribution in [0.1, 0.15) is 13.2 Å². The monoisotopic (exact) mass is 513 g/mol. The third kappa shape index (κ3) is 5.21. The minimum atomic E-state index is -1.51. The fourth-order valence-corrected chi connectivity index (χ4v) is 4.08. The van der Waals surface area contributed by atoms with Crippen molar-refractivity contribution in [1.29, 1.82) is 0 Å². The summed E-state index contributed by atoms with van der Waals surface area (Å²) in [5, 5.41) is 71.7. The van der Waals surface area contributed by atoms with Gasteiger partial charge in [0.05, 0.1) is 26.1 Å². The van der Waals surface area contributed by atoms with Crippen LogP contribution < -0.4 is 5.32 Å². The summed E-state index contributed by atoms with van der Waals surface area (Å²) in [5.74, 6) is 0.407. The number of anilines is 1. The number of ether oxygens (including phenoxy) is 3. The summed E-state index contributed by atoms with van der Waals surface area (Å²) in [6, 6.07) is 0. The lowest BCUT2D eigenvalue weighted by molar-refractivity contribution is -0.299. The Morgan fingerprint density at radius 2 is 1.67 bits per heavy atom. The minimum Gasteiger partial charge on any atom is -0.394 e. The summed E-state index contributed by atoms with van der Waals surface area (Å²) < 4.78 is 17.8. The van der Waals surface area contributed by atoms with Gasteiger partial charge in [-0.2, -0.15) is 0 Å². The minimum absolute atomic E-state index is 0.0451. The lowest BCUT2D eigenvalue weighted by Crippen LogP contribution is -2.59. The maximum Gasteiger partial charge on any atom is 0.187 e. The Hall–Kier alpha value is -2.31. The molecule has 36 heavy (non-hydrogen) atoms. The van der Waals surface area contributed by atoms with Crippen molar-refractivity contribution in [2.45, 2.75) is 62.2 Å². The number of aliphatic hydroxyl groups is 7. The number of hydrogen-bond acceptors (Lipinski definition) is 14. The summed E-state index contributed by atoms with van der Waals surface area (Å²) in [7, 11) is 0. The van der Waals surface area contributed by atoms with Crippen molar-refractivity contribution in [3.63, 3.8) is 0 Å². The predicted octanol–water partition coefficient (Wildman–Crippen LogP) is -3.39. The average Bonchev–Trinajstić information content (AvgIpc) is 3.43. The number of hydrogen-bond donors (Lipinski definition) is 8. The molecule has 4 rings (SSSR count). The maximum absolute atomic E-state index is 10.3. The van der Waals surface area contributed by atoms with E-state index in [2.05, 4.69) is 20.3 Å². The second-order valence-electron chi connectivity index (χ2n) is 8.71. The molecule has 0 aromatic carbocycles. The quantitative estimate of drug-likeness (QED) is 0.153.